The van der Waals surface area contributed by atoms with Crippen LogP contribution in [0.1, 0.15) is 29.7 Å². The molecule has 1 aliphatic carbocycles. The van der Waals surface area contributed by atoms with Gasteiger partial charge in [-0.05, 0) is 55.9 Å². The van der Waals surface area contributed by atoms with E-state index in [-0.39, 0.29) is 0 Å². The molecule has 124 valence electrons. The Morgan fingerprint density at radius 3 is 2.60 bits per heavy atom. The van der Waals surface area contributed by atoms with Crippen LogP contribution in [0.25, 0.3) is 21.8 Å². The molecule has 5 rings (SSSR count). The van der Waals surface area contributed by atoms with Gasteiger partial charge in [0.2, 0.25) is 0 Å². The lowest BCUT2D eigenvalue weighted by Crippen LogP contribution is -2.14. The molecule has 0 saturated heterocycles. The number of hydrogen-bond donors (Lipinski definition) is 1. The monoisotopic (exact) mass is 327 g/mol. The first-order valence-electron chi connectivity index (χ1n) is 9.05. The molecule has 1 aliphatic rings. The Morgan fingerprint density at radius 1 is 0.920 bits per heavy atom. The summed E-state index contributed by atoms with van der Waals surface area (Å²) >= 11 is 0. The van der Waals surface area contributed by atoms with E-state index in [1.165, 1.54) is 51.6 Å². The van der Waals surface area contributed by atoms with E-state index < -0.39 is 0 Å². The van der Waals surface area contributed by atoms with E-state index >= 15 is 0 Å². The number of fused-ring (bicyclic) bond motifs is 3. The van der Waals surface area contributed by atoms with Crippen LogP contribution in [0, 0.1) is 6.92 Å². The average Bonchev–Trinajstić information content (AvgIpc) is 2.98. The van der Waals surface area contributed by atoms with Crippen LogP contribution in [0.3, 0.4) is 0 Å². The van der Waals surface area contributed by atoms with E-state index in [1.807, 2.05) is 0 Å². The molecule has 0 fully saturated rings. The maximum atomic E-state index is 4.94. The number of aromatic nitrogens is 2. The number of anilines is 1. The Hall–Kier alpha value is -2.81. The summed E-state index contributed by atoms with van der Waals surface area (Å²) < 4.78 is 2.17. The van der Waals surface area contributed by atoms with Gasteiger partial charge in [0.25, 0.3) is 0 Å². The summed E-state index contributed by atoms with van der Waals surface area (Å²) in [4.78, 5) is 4.94. The van der Waals surface area contributed by atoms with Crippen LogP contribution in [0.15, 0.2) is 54.7 Å². The van der Waals surface area contributed by atoms with E-state index in [4.69, 9.17) is 4.98 Å². The summed E-state index contributed by atoms with van der Waals surface area (Å²) in [7, 11) is 0. The number of pyridine rings is 1. The summed E-state index contributed by atoms with van der Waals surface area (Å²) in [5.41, 5.74) is 11.2. The fraction of sp³-hybridized carbons (Fsp3) is 0.227. The molecule has 0 spiro atoms. The fourth-order valence-electron chi connectivity index (χ4n) is 4.06. The molecule has 3 heteroatoms. The number of para-hydroxylation sites is 2. The van der Waals surface area contributed by atoms with E-state index in [0.29, 0.717) is 0 Å². The standard InChI is InChI=1S/C22H21N3/c1-15-14-25(21-13-7-4-8-16(15)21)24-22-17-9-2-5-11-19(17)23-20-12-6-3-10-18(20)22/h2,4-5,7-9,11,13-14H,3,6,10,12H2,1H3,(H,23,24). The van der Waals surface area contributed by atoms with Crippen LogP contribution in [0.5, 0.6) is 0 Å². The second-order valence-electron chi connectivity index (χ2n) is 6.95. The zero-order chi connectivity index (χ0) is 16.8. The van der Waals surface area contributed by atoms with Crippen LogP contribution in [-0.4, -0.2) is 9.66 Å². The molecule has 2 heterocycles. The van der Waals surface area contributed by atoms with Gasteiger partial charge in [-0.2, -0.15) is 0 Å². The third kappa shape index (κ3) is 2.30. The minimum absolute atomic E-state index is 1.08. The van der Waals surface area contributed by atoms with Crippen molar-refractivity contribution in [1.29, 1.82) is 0 Å². The summed E-state index contributed by atoms with van der Waals surface area (Å²) in [6.07, 6.45) is 6.86. The summed E-state index contributed by atoms with van der Waals surface area (Å²) in [5.74, 6) is 0. The lowest BCUT2D eigenvalue weighted by Gasteiger charge is -2.22. The van der Waals surface area contributed by atoms with Crippen LogP contribution in [0.4, 0.5) is 5.69 Å². The van der Waals surface area contributed by atoms with Crippen LogP contribution >= 0.6 is 0 Å². The highest BCUT2D eigenvalue weighted by Gasteiger charge is 2.18. The average molecular weight is 327 g/mol. The molecule has 4 aromatic rings. The highest BCUT2D eigenvalue weighted by atomic mass is 15.4. The Bertz CT molecular complexity index is 1090. The zero-order valence-corrected chi connectivity index (χ0v) is 14.4. The van der Waals surface area contributed by atoms with E-state index in [1.54, 1.807) is 0 Å². The van der Waals surface area contributed by atoms with Crippen molar-refractivity contribution >= 4 is 27.5 Å². The summed E-state index contributed by atoms with van der Waals surface area (Å²) in [6.45, 7) is 2.17. The molecule has 0 aliphatic heterocycles. The molecule has 0 saturated carbocycles. The number of nitrogens with zero attached hydrogens (tertiary/aromatic N) is 2. The normalized spacial score (nSPS) is 14.0. The van der Waals surface area contributed by atoms with Crippen molar-refractivity contribution in [1.82, 2.24) is 9.66 Å². The molecule has 25 heavy (non-hydrogen) atoms. The molecule has 1 N–H and O–H groups in total. The second kappa shape index (κ2) is 5.62. The van der Waals surface area contributed by atoms with Gasteiger partial charge >= 0.3 is 0 Å². The summed E-state index contributed by atoms with van der Waals surface area (Å²) in [6, 6.07) is 17.0. The van der Waals surface area contributed by atoms with Gasteiger partial charge < -0.3 is 0 Å². The first kappa shape index (κ1) is 14.5. The molecule has 0 unspecified atom stereocenters. The quantitative estimate of drug-likeness (QED) is 0.545. The largest absolute Gasteiger partial charge is 0.293 e. The predicted octanol–water partition coefficient (Wildman–Crippen LogP) is 5.25. The molecular formula is C22H21N3. The molecular weight excluding hydrogens is 306 g/mol. The SMILES string of the molecule is Cc1cn(Nc2c3c(nc4ccccc24)CCCC3)c2ccccc12. The predicted molar refractivity (Wildman–Crippen MR) is 104 cm³/mol. The van der Waals surface area contributed by atoms with Gasteiger partial charge in [0.15, 0.2) is 0 Å². The van der Waals surface area contributed by atoms with Crippen LogP contribution < -0.4 is 5.43 Å². The molecule has 2 aromatic heterocycles. The van der Waals surface area contributed by atoms with Crippen molar-refractivity contribution in [2.75, 3.05) is 5.43 Å². The van der Waals surface area contributed by atoms with E-state index in [9.17, 15) is 0 Å². The van der Waals surface area contributed by atoms with E-state index in [0.717, 1.165) is 18.4 Å². The first-order valence-corrected chi connectivity index (χ1v) is 9.05. The third-order valence-corrected chi connectivity index (χ3v) is 5.31. The van der Waals surface area contributed by atoms with Gasteiger partial charge in [0.05, 0.1) is 16.7 Å². The van der Waals surface area contributed by atoms with Gasteiger partial charge in [0, 0.05) is 22.7 Å². The first-order chi connectivity index (χ1) is 12.3. The molecule has 2 aromatic carbocycles. The molecule has 0 bridgehead atoms. The smallest absolute Gasteiger partial charge is 0.0726 e. The van der Waals surface area contributed by atoms with Crippen molar-refractivity contribution < 1.29 is 0 Å². The van der Waals surface area contributed by atoms with Crippen molar-refractivity contribution in [2.24, 2.45) is 0 Å². The molecule has 0 amide bonds. The lowest BCUT2D eigenvalue weighted by molar-refractivity contribution is 0.671. The van der Waals surface area contributed by atoms with Crippen molar-refractivity contribution in [3.63, 3.8) is 0 Å². The molecule has 0 radical (unpaired) electrons. The highest BCUT2D eigenvalue weighted by molar-refractivity contribution is 5.94. The maximum absolute atomic E-state index is 4.94. The number of aryl methyl sites for hydroxylation is 2. The minimum atomic E-state index is 1.08. The summed E-state index contributed by atoms with van der Waals surface area (Å²) in [5, 5.41) is 2.50. The third-order valence-electron chi connectivity index (χ3n) is 5.31. The van der Waals surface area contributed by atoms with Gasteiger partial charge in [-0.25, -0.2) is 0 Å². The number of hydrogen-bond acceptors (Lipinski definition) is 2. The topological polar surface area (TPSA) is 29.9 Å². The minimum Gasteiger partial charge on any atom is -0.293 e. The molecule has 3 nitrogen and oxygen atoms in total. The fourth-order valence-corrected chi connectivity index (χ4v) is 4.06. The van der Waals surface area contributed by atoms with Crippen molar-refractivity contribution in [2.45, 2.75) is 32.6 Å². The Kier molecular flexibility index (Phi) is 3.27. The number of benzene rings is 2. The number of nitrogens with one attached hydrogen (secondary N) is 1. The van der Waals surface area contributed by atoms with Crippen molar-refractivity contribution in [3.8, 4) is 0 Å². The Labute approximate surface area is 147 Å². The Morgan fingerprint density at radius 2 is 1.68 bits per heavy atom. The number of rotatable bonds is 2. The Balaban J connectivity index is 1.74. The zero-order valence-electron chi connectivity index (χ0n) is 14.4. The maximum Gasteiger partial charge on any atom is 0.0726 e. The van der Waals surface area contributed by atoms with Gasteiger partial charge in [0.1, 0.15) is 0 Å². The van der Waals surface area contributed by atoms with Crippen LogP contribution in [0.2, 0.25) is 0 Å². The van der Waals surface area contributed by atoms with E-state index in [2.05, 4.69) is 71.8 Å². The van der Waals surface area contributed by atoms with Gasteiger partial charge in [-0.3, -0.25) is 15.1 Å². The van der Waals surface area contributed by atoms with Crippen molar-refractivity contribution in [3.05, 3.63) is 71.5 Å². The molecule has 0 atom stereocenters. The lowest BCUT2D eigenvalue weighted by atomic mass is 9.93. The van der Waals surface area contributed by atoms with Gasteiger partial charge in [-0.1, -0.05) is 36.4 Å². The van der Waals surface area contributed by atoms with Crippen LogP contribution in [-0.2, 0) is 12.8 Å². The highest BCUT2D eigenvalue weighted by Crippen LogP contribution is 2.34. The second-order valence-corrected chi connectivity index (χ2v) is 6.95. The van der Waals surface area contributed by atoms with Gasteiger partial charge in [-0.15, -0.1) is 0 Å².